The molecule has 2 rings (SSSR count). The van der Waals surface area contributed by atoms with E-state index in [-0.39, 0.29) is 16.7 Å². The molecule has 0 radical (unpaired) electrons. The molecule has 5 nitrogen and oxygen atoms in total. The molecule has 0 unspecified atom stereocenters. The van der Waals surface area contributed by atoms with Crippen LogP contribution in [0.15, 0.2) is 27.9 Å². The van der Waals surface area contributed by atoms with Gasteiger partial charge in [-0.05, 0) is 0 Å². The number of halogens is 2. The fourth-order valence-electron chi connectivity index (χ4n) is 1.05. The van der Waals surface area contributed by atoms with Gasteiger partial charge in [-0.2, -0.15) is 0 Å². The summed E-state index contributed by atoms with van der Waals surface area (Å²) in [5, 5.41) is 3.42. The number of rotatable bonds is 2. The van der Waals surface area contributed by atoms with E-state index < -0.39 is 5.56 Å². The van der Waals surface area contributed by atoms with Crippen molar-refractivity contribution in [2.45, 2.75) is 6.54 Å². The highest BCUT2D eigenvalue weighted by molar-refractivity contribution is 6.40. The topological polar surface area (TPSA) is 60.9 Å². The van der Waals surface area contributed by atoms with Crippen molar-refractivity contribution in [2.24, 2.45) is 0 Å². The van der Waals surface area contributed by atoms with Gasteiger partial charge >= 0.3 is 0 Å². The molecule has 0 fully saturated rings. The van der Waals surface area contributed by atoms with Crippen LogP contribution in [0.4, 0.5) is 0 Å². The van der Waals surface area contributed by atoms with Crippen molar-refractivity contribution in [1.29, 1.82) is 0 Å². The first-order chi connectivity index (χ1) is 7.18. The van der Waals surface area contributed by atoms with Crippen molar-refractivity contribution in [3.63, 3.8) is 0 Å². The molecule has 7 heteroatoms. The monoisotopic (exact) mass is 245 g/mol. The van der Waals surface area contributed by atoms with Crippen LogP contribution in [-0.2, 0) is 6.54 Å². The third kappa shape index (κ3) is 2.03. The maximum Gasteiger partial charge on any atom is 0.274 e. The van der Waals surface area contributed by atoms with Crippen LogP contribution in [-0.4, -0.2) is 14.7 Å². The smallest absolute Gasteiger partial charge is 0.274 e. The summed E-state index contributed by atoms with van der Waals surface area (Å²) in [6, 6.07) is 1.65. The average molecular weight is 246 g/mol. The van der Waals surface area contributed by atoms with Gasteiger partial charge in [0.25, 0.3) is 5.56 Å². The molecule has 78 valence electrons. The third-order valence-corrected chi connectivity index (χ3v) is 2.48. The molecule has 0 saturated heterocycles. The highest BCUT2D eigenvalue weighted by atomic mass is 35.5. The van der Waals surface area contributed by atoms with E-state index in [2.05, 4.69) is 10.1 Å². The lowest BCUT2D eigenvalue weighted by molar-refractivity contribution is 0.374. The summed E-state index contributed by atoms with van der Waals surface area (Å²) >= 11 is 11.2. The van der Waals surface area contributed by atoms with Gasteiger partial charge in [-0.3, -0.25) is 9.36 Å². The quantitative estimate of drug-likeness (QED) is 0.755. The van der Waals surface area contributed by atoms with Crippen LogP contribution < -0.4 is 5.56 Å². The molecule has 2 heterocycles. The lowest BCUT2D eigenvalue weighted by Gasteiger charge is -2.02. The fraction of sp³-hybridized carbons (Fsp3) is 0.125. The van der Waals surface area contributed by atoms with Gasteiger partial charge in [0.05, 0.1) is 19.1 Å². The van der Waals surface area contributed by atoms with Gasteiger partial charge < -0.3 is 4.52 Å². The Morgan fingerprint density at radius 3 is 2.93 bits per heavy atom. The van der Waals surface area contributed by atoms with E-state index in [0.717, 1.165) is 0 Å². The summed E-state index contributed by atoms with van der Waals surface area (Å²) in [6.07, 6.45) is 2.80. The van der Waals surface area contributed by atoms with E-state index in [0.29, 0.717) is 5.76 Å². The maximum atomic E-state index is 11.6. The molecule has 0 aliphatic heterocycles. The predicted molar refractivity (Wildman–Crippen MR) is 54.1 cm³/mol. The van der Waals surface area contributed by atoms with Crippen LogP contribution in [0.2, 0.25) is 10.2 Å². The Bertz CT molecular complexity index is 521. The van der Waals surface area contributed by atoms with E-state index in [4.69, 9.17) is 27.7 Å². The molecule has 0 aliphatic rings. The predicted octanol–water partition coefficient (Wildman–Crippen LogP) is 1.59. The first-order valence-electron chi connectivity index (χ1n) is 3.98. The van der Waals surface area contributed by atoms with Crippen LogP contribution in [0, 0.1) is 0 Å². The number of nitrogens with zero attached hydrogens (tertiary/aromatic N) is 3. The van der Waals surface area contributed by atoms with Gasteiger partial charge in [-0.15, -0.1) is 0 Å². The maximum absolute atomic E-state index is 11.6. The normalized spacial score (nSPS) is 10.5. The van der Waals surface area contributed by atoms with Crippen molar-refractivity contribution < 1.29 is 4.52 Å². The van der Waals surface area contributed by atoms with Crippen LogP contribution in [0.25, 0.3) is 0 Å². The molecular weight excluding hydrogens is 241 g/mol. The molecule has 0 atom stereocenters. The van der Waals surface area contributed by atoms with Gasteiger partial charge in [0.2, 0.25) is 0 Å². The van der Waals surface area contributed by atoms with Crippen LogP contribution in [0.3, 0.4) is 0 Å². The van der Waals surface area contributed by atoms with Crippen LogP contribution in [0.5, 0.6) is 0 Å². The second-order valence-corrected chi connectivity index (χ2v) is 3.50. The van der Waals surface area contributed by atoms with Gasteiger partial charge in [0.15, 0.2) is 10.9 Å². The Morgan fingerprint density at radius 2 is 2.27 bits per heavy atom. The first kappa shape index (κ1) is 10.2. The first-order valence-corrected chi connectivity index (χ1v) is 4.74. The Kier molecular flexibility index (Phi) is 2.75. The Morgan fingerprint density at radius 1 is 1.47 bits per heavy atom. The van der Waals surface area contributed by atoms with Crippen molar-refractivity contribution in [3.05, 3.63) is 44.9 Å². The van der Waals surface area contributed by atoms with E-state index >= 15 is 0 Å². The van der Waals surface area contributed by atoms with Crippen LogP contribution in [0.1, 0.15) is 5.76 Å². The van der Waals surface area contributed by atoms with E-state index in [1.165, 1.54) is 17.1 Å². The third-order valence-electron chi connectivity index (χ3n) is 1.76. The minimum Gasteiger partial charge on any atom is -0.359 e. The SMILES string of the molecule is O=c1c(Cl)c(Cl)ncn1Cc1ccno1. The molecule has 0 saturated carbocycles. The summed E-state index contributed by atoms with van der Waals surface area (Å²) in [4.78, 5) is 15.3. The van der Waals surface area contributed by atoms with E-state index in [1.807, 2.05) is 0 Å². The van der Waals surface area contributed by atoms with E-state index in [9.17, 15) is 4.79 Å². The zero-order valence-corrected chi connectivity index (χ0v) is 8.87. The fourth-order valence-corrected chi connectivity index (χ4v) is 1.33. The summed E-state index contributed by atoms with van der Waals surface area (Å²) in [6.45, 7) is 0.225. The lowest BCUT2D eigenvalue weighted by atomic mass is 10.4. The molecule has 0 spiro atoms. The number of aromatic nitrogens is 3. The Balaban J connectivity index is 2.38. The largest absolute Gasteiger partial charge is 0.359 e. The van der Waals surface area contributed by atoms with Gasteiger partial charge in [0, 0.05) is 6.07 Å². The van der Waals surface area contributed by atoms with Gasteiger partial charge in [-0.25, -0.2) is 4.98 Å². The highest BCUT2D eigenvalue weighted by Gasteiger charge is 2.08. The van der Waals surface area contributed by atoms with Gasteiger partial charge in [-0.1, -0.05) is 28.4 Å². The van der Waals surface area contributed by atoms with Crippen molar-refractivity contribution in [1.82, 2.24) is 14.7 Å². The number of hydrogen-bond donors (Lipinski definition) is 0. The molecule has 0 N–H and O–H groups in total. The molecule has 2 aromatic heterocycles. The summed E-state index contributed by atoms with van der Waals surface area (Å²) < 4.78 is 6.14. The van der Waals surface area contributed by atoms with Crippen molar-refractivity contribution >= 4 is 23.2 Å². The van der Waals surface area contributed by atoms with Crippen molar-refractivity contribution in [2.75, 3.05) is 0 Å². The Hall–Kier alpha value is -1.33. The molecule has 0 aromatic carbocycles. The zero-order valence-electron chi connectivity index (χ0n) is 7.35. The summed E-state index contributed by atoms with van der Waals surface area (Å²) in [5.74, 6) is 0.539. The second-order valence-electron chi connectivity index (χ2n) is 2.76. The minimum atomic E-state index is -0.409. The van der Waals surface area contributed by atoms with Gasteiger partial charge in [0.1, 0.15) is 5.02 Å². The van der Waals surface area contributed by atoms with Crippen LogP contribution >= 0.6 is 23.2 Å². The van der Waals surface area contributed by atoms with Crippen molar-refractivity contribution in [3.8, 4) is 0 Å². The molecule has 0 aliphatic carbocycles. The molecule has 0 bridgehead atoms. The number of hydrogen-bond acceptors (Lipinski definition) is 4. The minimum absolute atomic E-state index is 0.00418. The molecule has 2 aromatic rings. The highest BCUT2D eigenvalue weighted by Crippen LogP contribution is 2.13. The molecule has 0 amide bonds. The second kappa shape index (κ2) is 4.04. The average Bonchev–Trinajstić information content (AvgIpc) is 2.72. The lowest BCUT2D eigenvalue weighted by Crippen LogP contribution is -2.21. The Labute approximate surface area is 94.2 Å². The summed E-state index contributed by atoms with van der Waals surface area (Å²) in [7, 11) is 0. The standard InChI is InChI=1S/C8H5Cl2N3O2/c9-6-7(10)11-4-13(8(6)14)3-5-1-2-12-15-5/h1-2,4H,3H2. The summed E-state index contributed by atoms with van der Waals surface area (Å²) in [5.41, 5.74) is -0.409. The van der Waals surface area contributed by atoms with E-state index in [1.54, 1.807) is 6.07 Å². The molecule has 15 heavy (non-hydrogen) atoms. The molecular formula is C8H5Cl2N3O2. The zero-order chi connectivity index (χ0) is 10.8.